The summed E-state index contributed by atoms with van der Waals surface area (Å²) in [5.41, 5.74) is 7.26. The van der Waals surface area contributed by atoms with Gasteiger partial charge in [-0.25, -0.2) is 0 Å². The highest BCUT2D eigenvalue weighted by molar-refractivity contribution is 5.97. The summed E-state index contributed by atoms with van der Waals surface area (Å²) >= 11 is 0. The molecule has 4 nitrogen and oxygen atoms in total. The quantitative estimate of drug-likeness (QED) is 0.780. The molecule has 1 aliphatic carbocycles. The Labute approximate surface area is 114 Å². The molecular formula is C15H22N2O2. The molecule has 1 saturated carbocycles. The number of aryl methyl sites for hydroxylation is 1. The van der Waals surface area contributed by atoms with Gasteiger partial charge in [-0.1, -0.05) is 30.9 Å². The maximum atomic E-state index is 12.1. The van der Waals surface area contributed by atoms with Crippen molar-refractivity contribution in [1.82, 2.24) is 5.32 Å². The zero-order valence-electron chi connectivity index (χ0n) is 11.4. The molecule has 2 rings (SSSR count). The highest BCUT2D eigenvalue weighted by Gasteiger charge is 2.28. The van der Waals surface area contributed by atoms with Crippen LogP contribution in [-0.2, 0) is 0 Å². The van der Waals surface area contributed by atoms with E-state index in [1.165, 1.54) is 6.42 Å². The van der Waals surface area contributed by atoms with Crippen LogP contribution in [0.4, 0.5) is 0 Å². The predicted molar refractivity (Wildman–Crippen MR) is 75.2 cm³/mol. The van der Waals surface area contributed by atoms with Crippen LogP contribution >= 0.6 is 0 Å². The van der Waals surface area contributed by atoms with E-state index in [1.54, 1.807) is 18.2 Å². The second-order valence-corrected chi connectivity index (χ2v) is 5.63. The molecule has 19 heavy (non-hydrogen) atoms. The lowest BCUT2D eigenvalue weighted by atomic mass is 9.82. The van der Waals surface area contributed by atoms with E-state index in [-0.39, 0.29) is 17.2 Å². The van der Waals surface area contributed by atoms with Crippen LogP contribution in [0.15, 0.2) is 18.2 Å². The van der Waals surface area contributed by atoms with Crippen molar-refractivity contribution in [2.45, 2.75) is 44.6 Å². The smallest absolute Gasteiger partial charge is 0.255 e. The summed E-state index contributed by atoms with van der Waals surface area (Å²) in [5.74, 6) is -0.241. The van der Waals surface area contributed by atoms with E-state index in [1.807, 2.05) is 6.92 Å². The number of amides is 1. The first-order chi connectivity index (χ1) is 9.00. The standard InChI is InChI=1S/C15H22N2O2/c1-11-5-6-13(18)12(9-11)14(19)17-10-15(16)7-3-2-4-8-15/h5-6,9,18H,2-4,7-8,10,16H2,1H3,(H,17,19). The van der Waals surface area contributed by atoms with Crippen molar-refractivity contribution in [2.24, 2.45) is 5.73 Å². The van der Waals surface area contributed by atoms with Crippen molar-refractivity contribution in [1.29, 1.82) is 0 Å². The molecule has 0 spiro atoms. The lowest BCUT2D eigenvalue weighted by molar-refractivity contribution is 0.0935. The number of carbonyl (C=O) groups excluding carboxylic acids is 1. The average molecular weight is 262 g/mol. The van der Waals surface area contributed by atoms with E-state index >= 15 is 0 Å². The minimum atomic E-state index is -0.284. The van der Waals surface area contributed by atoms with E-state index in [0.29, 0.717) is 12.1 Å². The highest BCUT2D eigenvalue weighted by Crippen LogP contribution is 2.25. The predicted octanol–water partition coefficient (Wildman–Crippen LogP) is 2.09. The Hall–Kier alpha value is -1.55. The molecule has 104 valence electrons. The van der Waals surface area contributed by atoms with E-state index in [9.17, 15) is 9.90 Å². The molecule has 0 aliphatic heterocycles. The number of hydrogen-bond donors (Lipinski definition) is 3. The summed E-state index contributed by atoms with van der Waals surface area (Å²) < 4.78 is 0. The van der Waals surface area contributed by atoms with Gasteiger partial charge in [0.15, 0.2) is 0 Å². The fourth-order valence-corrected chi connectivity index (χ4v) is 2.62. The van der Waals surface area contributed by atoms with Gasteiger partial charge in [0.05, 0.1) is 5.56 Å². The second kappa shape index (κ2) is 5.61. The molecule has 4 N–H and O–H groups in total. The maximum absolute atomic E-state index is 12.1. The van der Waals surface area contributed by atoms with Crippen LogP contribution < -0.4 is 11.1 Å². The van der Waals surface area contributed by atoms with Crippen molar-refractivity contribution in [2.75, 3.05) is 6.54 Å². The Bertz CT molecular complexity index is 465. The van der Waals surface area contributed by atoms with Crippen molar-refractivity contribution in [3.05, 3.63) is 29.3 Å². The van der Waals surface area contributed by atoms with Crippen molar-refractivity contribution in [3.63, 3.8) is 0 Å². The third-order valence-electron chi connectivity index (χ3n) is 3.85. The molecule has 0 saturated heterocycles. The summed E-state index contributed by atoms with van der Waals surface area (Å²) in [4.78, 5) is 12.1. The minimum Gasteiger partial charge on any atom is -0.507 e. The van der Waals surface area contributed by atoms with Crippen LogP contribution in [0.1, 0.15) is 48.0 Å². The summed E-state index contributed by atoms with van der Waals surface area (Å²) in [6.07, 6.45) is 5.38. The maximum Gasteiger partial charge on any atom is 0.255 e. The SMILES string of the molecule is Cc1ccc(O)c(C(=O)NCC2(N)CCCCC2)c1. The van der Waals surface area contributed by atoms with Crippen LogP contribution in [-0.4, -0.2) is 23.1 Å². The number of aromatic hydroxyl groups is 1. The van der Waals surface area contributed by atoms with Crippen LogP contribution in [0.3, 0.4) is 0 Å². The lowest BCUT2D eigenvalue weighted by Crippen LogP contribution is -2.51. The summed E-state index contributed by atoms with van der Waals surface area (Å²) in [5, 5.41) is 12.6. The normalized spacial score (nSPS) is 18.0. The molecule has 0 heterocycles. The fraction of sp³-hybridized carbons (Fsp3) is 0.533. The molecule has 4 heteroatoms. The van der Waals surface area contributed by atoms with Gasteiger partial charge in [-0.2, -0.15) is 0 Å². The van der Waals surface area contributed by atoms with Gasteiger partial charge in [0.25, 0.3) is 5.91 Å². The number of phenols is 1. The molecule has 1 fully saturated rings. The Morgan fingerprint density at radius 2 is 2.05 bits per heavy atom. The third kappa shape index (κ3) is 3.47. The zero-order valence-corrected chi connectivity index (χ0v) is 11.4. The third-order valence-corrected chi connectivity index (χ3v) is 3.85. The largest absolute Gasteiger partial charge is 0.507 e. The van der Waals surface area contributed by atoms with E-state index in [4.69, 9.17) is 5.73 Å². The van der Waals surface area contributed by atoms with Crippen molar-refractivity contribution >= 4 is 5.91 Å². The van der Waals surface area contributed by atoms with Crippen LogP contribution in [0.25, 0.3) is 0 Å². The number of carbonyl (C=O) groups is 1. The molecule has 0 atom stereocenters. The summed E-state index contributed by atoms with van der Waals surface area (Å²) in [6.45, 7) is 2.36. The van der Waals surface area contributed by atoms with Gasteiger partial charge in [0, 0.05) is 12.1 Å². The Morgan fingerprint density at radius 3 is 2.74 bits per heavy atom. The summed E-state index contributed by atoms with van der Waals surface area (Å²) in [6, 6.07) is 5.01. The van der Waals surface area contributed by atoms with E-state index in [2.05, 4.69) is 5.32 Å². The number of rotatable bonds is 3. The molecule has 0 bridgehead atoms. The van der Waals surface area contributed by atoms with Gasteiger partial charge >= 0.3 is 0 Å². The number of hydrogen-bond acceptors (Lipinski definition) is 3. The van der Waals surface area contributed by atoms with Crippen LogP contribution in [0, 0.1) is 6.92 Å². The van der Waals surface area contributed by atoms with E-state index in [0.717, 1.165) is 31.2 Å². The minimum absolute atomic E-state index is 0.0119. The first-order valence-corrected chi connectivity index (χ1v) is 6.87. The molecule has 1 aliphatic rings. The number of phenolic OH excluding ortho intramolecular Hbond substituents is 1. The van der Waals surface area contributed by atoms with Gasteiger partial charge in [-0.15, -0.1) is 0 Å². The van der Waals surface area contributed by atoms with Crippen molar-refractivity contribution in [3.8, 4) is 5.75 Å². The number of nitrogens with one attached hydrogen (secondary N) is 1. The number of benzene rings is 1. The first-order valence-electron chi connectivity index (χ1n) is 6.87. The molecule has 0 unspecified atom stereocenters. The topological polar surface area (TPSA) is 75.3 Å². The van der Waals surface area contributed by atoms with Gasteiger partial charge in [-0.3, -0.25) is 4.79 Å². The monoisotopic (exact) mass is 262 g/mol. The number of nitrogens with two attached hydrogens (primary N) is 1. The lowest BCUT2D eigenvalue weighted by Gasteiger charge is -2.33. The Morgan fingerprint density at radius 1 is 1.37 bits per heavy atom. The average Bonchev–Trinajstić information content (AvgIpc) is 2.40. The molecule has 1 aromatic rings. The van der Waals surface area contributed by atoms with Gasteiger partial charge in [-0.05, 0) is 31.9 Å². The van der Waals surface area contributed by atoms with E-state index < -0.39 is 0 Å². The van der Waals surface area contributed by atoms with Gasteiger partial charge in [0.2, 0.25) is 0 Å². The molecule has 0 aromatic heterocycles. The molecular weight excluding hydrogens is 240 g/mol. The highest BCUT2D eigenvalue weighted by atomic mass is 16.3. The Kier molecular flexibility index (Phi) is 4.10. The fourth-order valence-electron chi connectivity index (χ4n) is 2.62. The van der Waals surface area contributed by atoms with Crippen LogP contribution in [0.2, 0.25) is 0 Å². The Balaban J connectivity index is 1.99. The molecule has 0 radical (unpaired) electrons. The molecule has 1 amide bonds. The van der Waals surface area contributed by atoms with Crippen LogP contribution in [0.5, 0.6) is 5.75 Å². The molecule has 1 aromatic carbocycles. The van der Waals surface area contributed by atoms with Gasteiger partial charge in [0.1, 0.15) is 5.75 Å². The van der Waals surface area contributed by atoms with Gasteiger partial charge < -0.3 is 16.2 Å². The zero-order chi connectivity index (χ0) is 13.9. The second-order valence-electron chi connectivity index (χ2n) is 5.63. The first kappa shape index (κ1) is 13.9. The van der Waals surface area contributed by atoms with Crippen molar-refractivity contribution < 1.29 is 9.90 Å². The summed E-state index contributed by atoms with van der Waals surface area (Å²) in [7, 11) is 0.